The van der Waals surface area contributed by atoms with E-state index < -0.39 is 0 Å². The van der Waals surface area contributed by atoms with Crippen LogP contribution in [-0.2, 0) is 0 Å². The number of para-hydroxylation sites is 1. The number of hydrogen-bond acceptors (Lipinski definition) is 3. The maximum Gasteiger partial charge on any atom is 0.123 e. The molecular formula is C17H22N2O. The second-order valence-corrected chi connectivity index (χ2v) is 4.85. The number of hydrogen-bond donors (Lipinski definition) is 1. The van der Waals surface area contributed by atoms with E-state index in [0.717, 1.165) is 17.9 Å². The minimum absolute atomic E-state index is 0.200. The first kappa shape index (κ1) is 14.5. The van der Waals surface area contributed by atoms with Crippen molar-refractivity contribution in [2.45, 2.75) is 32.4 Å². The lowest BCUT2D eigenvalue weighted by atomic mass is 10.0. The van der Waals surface area contributed by atoms with Gasteiger partial charge in [-0.2, -0.15) is 0 Å². The first-order valence-corrected chi connectivity index (χ1v) is 7.06. The fourth-order valence-corrected chi connectivity index (χ4v) is 2.40. The van der Waals surface area contributed by atoms with E-state index >= 15 is 0 Å². The molecule has 0 radical (unpaired) electrons. The Morgan fingerprint density at radius 1 is 1.15 bits per heavy atom. The van der Waals surface area contributed by atoms with Crippen molar-refractivity contribution in [3.05, 3.63) is 59.9 Å². The summed E-state index contributed by atoms with van der Waals surface area (Å²) in [7, 11) is 1.72. The van der Waals surface area contributed by atoms with Crippen molar-refractivity contribution < 1.29 is 4.74 Å². The van der Waals surface area contributed by atoms with Crippen molar-refractivity contribution in [3.63, 3.8) is 0 Å². The average Bonchev–Trinajstić information content (AvgIpc) is 2.53. The summed E-state index contributed by atoms with van der Waals surface area (Å²) < 4.78 is 5.46. The summed E-state index contributed by atoms with van der Waals surface area (Å²) in [4.78, 5) is 4.41. The van der Waals surface area contributed by atoms with Crippen LogP contribution in [0.1, 0.15) is 43.6 Å². The highest BCUT2D eigenvalue weighted by Crippen LogP contribution is 2.28. The third-order valence-electron chi connectivity index (χ3n) is 3.51. The Hall–Kier alpha value is -1.87. The molecule has 3 heteroatoms. The molecule has 2 rings (SSSR count). The van der Waals surface area contributed by atoms with Crippen molar-refractivity contribution in [1.82, 2.24) is 10.3 Å². The van der Waals surface area contributed by atoms with E-state index in [1.165, 1.54) is 5.56 Å². The molecular weight excluding hydrogens is 248 g/mol. The molecule has 0 amide bonds. The van der Waals surface area contributed by atoms with Crippen LogP contribution in [0.25, 0.3) is 0 Å². The largest absolute Gasteiger partial charge is 0.496 e. The Bertz CT molecular complexity index is 528. The van der Waals surface area contributed by atoms with Gasteiger partial charge in [0.1, 0.15) is 5.75 Å². The summed E-state index contributed by atoms with van der Waals surface area (Å²) in [6, 6.07) is 14.6. The number of rotatable bonds is 6. The normalized spacial score (nSPS) is 13.8. The number of pyridine rings is 1. The number of nitrogens with one attached hydrogen (secondary N) is 1. The molecule has 1 N–H and O–H groups in total. The Kier molecular flexibility index (Phi) is 5.13. The number of ether oxygens (including phenoxy) is 1. The molecule has 0 spiro atoms. The van der Waals surface area contributed by atoms with Gasteiger partial charge in [-0.05, 0) is 31.5 Å². The van der Waals surface area contributed by atoms with E-state index in [1.807, 2.05) is 42.6 Å². The number of aromatic nitrogens is 1. The van der Waals surface area contributed by atoms with Crippen molar-refractivity contribution in [1.29, 1.82) is 0 Å². The van der Waals surface area contributed by atoms with Crippen LogP contribution in [0.15, 0.2) is 48.7 Å². The molecule has 0 aliphatic rings. The van der Waals surface area contributed by atoms with Gasteiger partial charge in [-0.3, -0.25) is 4.98 Å². The molecule has 2 atom stereocenters. The van der Waals surface area contributed by atoms with Gasteiger partial charge in [0.05, 0.1) is 12.8 Å². The van der Waals surface area contributed by atoms with Crippen molar-refractivity contribution >= 4 is 0 Å². The summed E-state index contributed by atoms with van der Waals surface area (Å²) >= 11 is 0. The first-order valence-electron chi connectivity index (χ1n) is 7.06. The molecule has 3 nitrogen and oxygen atoms in total. The highest BCUT2D eigenvalue weighted by molar-refractivity contribution is 5.36. The average molecular weight is 270 g/mol. The molecule has 2 aromatic rings. The van der Waals surface area contributed by atoms with Crippen LogP contribution in [0.2, 0.25) is 0 Å². The molecule has 1 unspecified atom stereocenters. The zero-order valence-electron chi connectivity index (χ0n) is 12.3. The number of benzene rings is 1. The lowest BCUT2D eigenvalue weighted by Crippen LogP contribution is -2.25. The van der Waals surface area contributed by atoms with Crippen LogP contribution in [0.4, 0.5) is 0 Å². The van der Waals surface area contributed by atoms with E-state index in [2.05, 4.69) is 30.2 Å². The highest BCUT2D eigenvalue weighted by Gasteiger charge is 2.17. The van der Waals surface area contributed by atoms with E-state index in [4.69, 9.17) is 4.74 Å². The van der Waals surface area contributed by atoms with Crippen molar-refractivity contribution in [3.8, 4) is 5.75 Å². The molecule has 0 bridgehead atoms. The van der Waals surface area contributed by atoms with Gasteiger partial charge < -0.3 is 10.1 Å². The summed E-state index contributed by atoms with van der Waals surface area (Å²) in [6.45, 7) is 4.32. The molecule has 0 saturated carbocycles. The smallest absolute Gasteiger partial charge is 0.123 e. The summed E-state index contributed by atoms with van der Waals surface area (Å²) in [5.41, 5.74) is 2.25. The molecule has 106 valence electrons. The second kappa shape index (κ2) is 7.06. The molecule has 0 saturated heterocycles. The van der Waals surface area contributed by atoms with Gasteiger partial charge in [0, 0.05) is 23.8 Å². The van der Waals surface area contributed by atoms with Crippen LogP contribution in [0.5, 0.6) is 5.75 Å². The predicted octanol–water partition coefficient (Wildman–Crippen LogP) is 3.89. The minimum Gasteiger partial charge on any atom is -0.496 e. The Morgan fingerprint density at radius 2 is 1.90 bits per heavy atom. The topological polar surface area (TPSA) is 34.2 Å². The van der Waals surface area contributed by atoms with Gasteiger partial charge in [-0.1, -0.05) is 31.2 Å². The van der Waals surface area contributed by atoms with E-state index in [0.29, 0.717) is 0 Å². The zero-order valence-corrected chi connectivity index (χ0v) is 12.3. The van der Waals surface area contributed by atoms with Crippen molar-refractivity contribution in [2.75, 3.05) is 7.11 Å². The first-order chi connectivity index (χ1) is 9.76. The third kappa shape index (κ3) is 3.36. The minimum atomic E-state index is 0.200. The Balaban J connectivity index is 2.17. The van der Waals surface area contributed by atoms with Crippen LogP contribution in [-0.4, -0.2) is 12.1 Å². The van der Waals surface area contributed by atoms with Gasteiger partial charge in [0.2, 0.25) is 0 Å². The Labute approximate surface area is 121 Å². The fraction of sp³-hybridized carbons (Fsp3) is 0.353. The third-order valence-corrected chi connectivity index (χ3v) is 3.51. The van der Waals surface area contributed by atoms with Gasteiger partial charge >= 0.3 is 0 Å². The van der Waals surface area contributed by atoms with Gasteiger partial charge in [-0.25, -0.2) is 0 Å². The summed E-state index contributed by atoms with van der Waals surface area (Å²) in [5, 5.41) is 3.63. The van der Waals surface area contributed by atoms with Crippen LogP contribution in [0, 0.1) is 0 Å². The molecule has 0 fully saturated rings. The van der Waals surface area contributed by atoms with Crippen LogP contribution >= 0.6 is 0 Å². The van der Waals surface area contributed by atoms with E-state index in [1.54, 1.807) is 7.11 Å². The summed E-state index contributed by atoms with van der Waals surface area (Å²) in [5.74, 6) is 0.931. The monoisotopic (exact) mass is 270 g/mol. The standard InChI is InChI=1S/C17H22N2O/c1-4-15(14-9-5-6-11-17(14)20-3)19-13(2)16-10-7-8-12-18-16/h5-13,15,19H,4H2,1-3H3/t13-,15?/m0/s1. The lowest BCUT2D eigenvalue weighted by molar-refractivity contribution is 0.387. The number of methoxy groups -OCH3 is 1. The predicted molar refractivity (Wildman–Crippen MR) is 81.8 cm³/mol. The zero-order chi connectivity index (χ0) is 14.4. The summed E-state index contributed by atoms with van der Waals surface area (Å²) in [6.07, 6.45) is 2.83. The van der Waals surface area contributed by atoms with Crippen molar-refractivity contribution in [2.24, 2.45) is 0 Å². The molecule has 20 heavy (non-hydrogen) atoms. The van der Waals surface area contributed by atoms with E-state index in [-0.39, 0.29) is 12.1 Å². The maximum absolute atomic E-state index is 5.46. The highest BCUT2D eigenvalue weighted by atomic mass is 16.5. The lowest BCUT2D eigenvalue weighted by Gasteiger charge is -2.24. The molecule has 1 heterocycles. The molecule has 0 aliphatic heterocycles. The maximum atomic E-state index is 5.46. The SMILES string of the molecule is CCC(N[C@@H](C)c1ccccn1)c1ccccc1OC. The number of nitrogens with zero attached hydrogens (tertiary/aromatic N) is 1. The molecule has 0 aliphatic carbocycles. The van der Waals surface area contributed by atoms with Gasteiger partial charge in [0.25, 0.3) is 0 Å². The van der Waals surface area contributed by atoms with Crippen LogP contribution < -0.4 is 10.1 Å². The van der Waals surface area contributed by atoms with Crippen LogP contribution in [0.3, 0.4) is 0 Å². The Morgan fingerprint density at radius 3 is 2.55 bits per heavy atom. The van der Waals surface area contributed by atoms with Gasteiger partial charge in [0.15, 0.2) is 0 Å². The fourth-order valence-electron chi connectivity index (χ4n) is 2.40. The second-order valence-electron chi connectivity index (χ2n) is 4.85. The quantitative estimate of drug-likeness (QED) is 0.864. The molecule has 1 aromatic carbocycles. The molecule has 1 aromatic heterocycles. The van der Waals surface area contributed by atoms with Gasteiger partial charge in [-0.15, -0.1) is 0 Å². The van der Waals surface area contributed by atoms with E-state index in [9.17, 15) is 0 Å².